The van der Waals surface area contributed by atoms with Crippen molar-refractivity contribution in [3.05, 3.63) is 30.4 Å². The summed E-state index contributed by atoms with van der Waals surface area (Å²) in [6.07, 6.45) is 4.35. The first-order valence-electron chi connectivity index (χ1n) is 2.72. The molecule has 0 aliphatic rings. The fourth-order valence-electron chi connectivity index (χ4n) is 0.525. The third-order valence-corrected chi connectivity index (χ3v) is 0.910. The molecule has 0 N–H and O–H groups in total. The van der Waals surface area contributed by atoms with E-state index in [1.807, 2.05) is 0 Å². The molecule has 0 aromatic carbocycles. The molecular formula is C7H6O3. The van der Waals surface area contributed by atoms with Crippen molar-refractivity contribution in [2.24, 2.45) is 0 Å². The summed E-state index contributed by atoms with van der Waals surface area (Å²) in [5, 5.41) is 0. The molecule has 3 heteroatoms. The maximum atomic E-state index is 9.63. The van der Waals surface area contributed by atoms with Gasteiger partial charge in [0.25, 0.3) is 6.47 Å². The van der Waals surface area contributed by atoms with Gasteiger partial charge in [0.15, 0.2) is 0 Å². The minimum atomic E-state index is 0.347. The van der Waals surface area contributed by atoms with E-state index in [1.165, 1.54) is 6.26 Å². The highest BCUT2D eigenvalue weighted by molar-refractivity contribution is 5.45. The topological polar surface area (TPSA) is 39.4 Å². The number of hydrogen-bond donors (Lipinski definition) is 0. The summed E-state index contributed by atoms with van der Waals surface area (Å²) in [5.41, 5.74) is 0. The Labute approximate surface area is 57.9 Å². The molecule has 0 saturated heterocycles. The molecule has 1 heterocycles. The Balaban J connectivity index is 2.47. The monoisotopic (exact) mass is 138 g/mol. The molecule has 3 nitrogen and oxygen atoms in total. The standard InChI is InChI=1S/C7H6O3/c8-6-9-5-3-7-2-1-4-10-7/h1-6H. The Kier molecular flexibility index (Phi) is 2.31. The van der Waals surface area contributed by atoms with Crippen molar-refractivity contribution in [1.82, 2.24) is 0 Å². The molecule has 0 bridgehead atoms. The lowest BCUT2D eigenvalue weighted by Gasteiger charge is -1.81. The molecule has 1 rings (SSSR count). The van der Waals surface area contributed by atoms with E-state index in [0.717, 1.165) is 0 Å². The molecule has 0 saturated carbocycles. The molecule has 1 aromatic heterocycles. The molecule has 10 heavy (non-hydrogen) atoms. The zero-order valence-corrected chi connectivity index (χ0v) is 5.19. The van der Waals surface area contributed by atoms with Gasteiger partial charge in [0.05, 0.1) is 12.5 Å². The Hall–Kier alpha value is -1.51. The Morgan fingerprint density at radius 2 is 2.50 bits per heavy atom. The Bertz CT molecular complexity index is 211. The van der Waals surface area contributed by atoms with Gasteiger partial charge in [-0.05, 0) is 12.1 Å². The van der Waals surface area contributed by atoms with Crippen LogP contribution in [0.4, 0.5) is 0 Å². The highest BCUT2D eigenvalue weighted by atomic mass is 16.5. The van der Waals surface area contributed by atoms with Crippen LogP contribution < -0.4 is 0 Å². The van der Waals surface area contributed by atoms with Crippen molar-refractivity contribution in [2.75, 3.05) is 0 Å². The number of ether oxygens (including phenoxy) is 1. The van der Waals surface area contributed by atoms with Crippen LogP contribution in [0, 0.1) is 0 Å². The maximum Gasteiger partial charge on any atom is 0.297 e. The first-order chi connectivity index (χ1) is 4.93. The van der Waals surface area contributed by atoms with Gasteiger partial charge < -0.3 is 9.15 Å². The van der Waals surface area contributed by atoms with E-state index in [9.17, 15) is 4.79 Å². The summed E-state index contributed by atoms with van der Waals surface area (Å²) in [4.78, 5) is 9.63. The minimum absolute atomic E-state index is 0.347. The van der Waals surface area contributed by atoms with Gasteiger partial charge in [-0.3, -0.25) is 4.79 Å². The lowest BCUT2D eigenvalue weighted by Crippen LogP contribution is -1.71. The second kappa shape index (κ2) is 3.50. The van der Waals surface area contributed by atoms with Crippen LogP contribution in [0.5, 0.6) is 0 Å². The van der Waals surface area contributed by atoms with Crippen LogP contribution in [0.1, 0.15) is 5.76 Å². The van der Waals surface area contributed by atoms with Crippen LogP contribution in [0.2, 0.25) is 0 Å². The van der Waals surface area contributed by atoms with E-state index < -0.39 is 0 Å². The smallest absolute Gasteiger partial charge is 0.297 e. The van der Waals surface area contributed by atoms with Crippen molar-refractivity contribution >= 4 is 12.5 Å². The van der Waals surface area contributed by atoms with E-state index in [0.29, 0.717) is 12.2 Å². The third-order valence-electron chi connectivity index (χ3n) is 0.910. The van der Waals surface area contributed by atoms with E-state index >= 15 is 0 Å². The summed E-state index contributed by atoms with van der Waals surface area (Å²) < 4.78 is 9.18. The first-order valence-corrected chi connectivity index (χ1v) is 2.72. The molecule has 52 valence electrons. The van der Waals surface area contributed by atoms with E-state index in [1.54, 1.807) is 24.5 Å². The quantitative estimate of drug-likeness (QED) is 0.468. The van der Waals surface area contributed by atoms with Gasteiger partial charge in [0, 0.05) is 6.08 Å². The van der Waals surface area contributed by atoms with Crippen LogP contribution in [0.15, 0.2) is 29.1 Å². The summed E-state index contributed by atoms with van der Waals surface area (Å²) in [5.74, 6) is 0.654. The third kappa shape index (κ3) is 1.78. The second-order valence-corrected chi connectivity index (χ2v) is 1.55. The first kappa shape index (κ1) is 6.61. The number of carbonyl (C=O) groups excluding carboxylic acids is 1. The van der Waals surface area contributed by atoms with Gasteiger partial charge in [-0.15, -0.1) is 0 Å². The fourth-order valence-corrected chi connectivity index (χ4v) is 0.525. The average Bonchev–Trinajstić information content (AvgIpc) is 2.41. The van der Waals surface area contributed by atoms with Crippen molar-refractivity contribution in [1.29, 1.82) is 0 Å². The Morgan fingerprint density at radius 1 is 1.60 bits per heavy atom. The summed E-state index contributed by atoms with van der Waals surface area (Å²) in [7, 11) is 0. The second-order valence-electron chi connectivity index (χ2n) is 1.55. The van der Waals surface area contributed by atoms with Crippen molar-refractivity contribution in [2.45, 2.75) is 0 Å². The fraction of sp³-hybridized carbons (Fsp3) is 0. The van der Waals surface area contributed by atoms with Crippen LogP contribution in [-0.2, 0) is 9.53 Å². The predicted octanol–water partition coefficient (Wildman–Crippen LogP) is 1.42. The largest absolute Gasteiger partial charge is 0.465 e. The Morgan fingerprint density at radius 3 is 3.10 bits per heavy atom. The average molecular weight is 138 g/mol. The lowest BCUT2D eigenvalue weighted by atomic mass is 10.4. The van der Waals surface area contributed by atoms with Gasteiger partial charge in [-0.1, -0.05) is 0 Å². The number of rotatable bonds is 3. The van der Waals surface area contributed by atoms with Crippen molar-refractivity contribution in [3.63, 3.8) is 0 Å². The van der Waals surface area contributed by atoms with Crippen molar-refractivity contribution < 1.29 is 13.9 Å². The van der Waals surface area contributed by atoms with E-state index in [-0.39, 0.29) is 0 Å². The van der Waals surface area contributed by atoms with Gasteiger partial charge >= 0.3 is 0 Å². The molecule has 0 fully saturated rings. The summed E-state index contributed by atoms with van der Waals surface area (Å²) in [6.45, 7) is 0.347. The molecule has 1 aromatic rings. The minimum Gasteiger partial charge on any atom is -0.465 e. The van der Waals surface area contributed by atoms with E-state index in [2.05, 4.69) is 4.74 Å². The highest BCUT2D eigenvalue weighted by Crippen LogP contribution is 2.01. The zero-order chi connectivity index (χ0) is 7.23. The van der Waals surface area contributed by atoms with Crippen molar-refractivity contribution in [3.8, 4) is 0 Å². The maximum absolute atomic E-state index is 9.63. The van der Waals surface area contributed by atoms with Crippen LogP contribution in [-0.4, -0.2) is 6.47 Å². The van der Waals surface area contributed by atoms with Gasteiger partial charge in [0.1, 0.15) is 5.76 Å². The highest BCUT2D eigenvalue weighted by Gasteiger charge is 1.84. The molecule has 0 aliphatic carbocycles. The normalized spacial score (nSPS) is 10.0. The van der Waals surface area contributed by atoms with Gasteiger partial charge in [0.2, 0.25) is 0 Å². The molecule has 0 aliphatic heterocycles. The molecular weight excluding hydrogens is 132 g/mol. The number of furan rings is 1. The zero-order valence-electron chi connectivity index (χ0n) is 5.19. The molecule has 0 atom stereocenters. The summed E-state index contributed by atoms with van der Waals surface area (Å²) in [6, 6.07) is 3.51. The number of carbonyl (C=O) groups is 1. The SMILES string of the molecule is O=COC=Cc1ccco1. The van der Waals surface area contributed by atoms with E-state index in [4.69, 9.17) is 4.42 Å². The van der Waals surface area contributed by atoms with Crippen LogP contribution >= 0.6 is 0 Å². The molecule has 0 unspecified atom stereocenters. The van der Waals surface area contributed by atoms with Crippen LogP contribution in [0.3, 0.4) is 0 Å². The predicted molar refractivity (Wildman–Crippen MR) is 34.9 cm³/mol. The molecule has 0 amide bonds. The summed E-state index contributed by atoms with van der Waals surface area (Å²) >= 11 is 0. The van der Waals surface area contributed by atoms with Gasteiger partial charge in [-0.25, -0.2) is 0 Å². The molecule has 0 spiro atoms. The molecule has 0 radical (unpaired) electrons. The lowest BCUT2D eigenvalue weighted by molar-refractivity contribution is -0.123. The number of hydrogen-bond acceptors (Lipinski definition) is 3. The van der Waals surface area contributed by atoms with Crippen LogP contribution in [0.25, 0.3) is 6.08 Å². The van der Waals surface area contributed by atoms with Gasteiger partial charge in [-0.2, -0.15) is 0 Å².